The van der Waals surface area contributed by atoms with E-state index < -0.39 is 6.17 Å². The van der Waals surface area contributed by atoms with Gasteiger partial charge in [-0.2, -0.15) is 0 Å². The van der Waals surface area contributed by atoms with Crippen LogP contribution in [0.5, 0.6) is 5.88 Å². The maximum Gasteiger partial charge on any atom is 0.244 e. The fourth-order valence-electron chi connectivity index (χ4n) is 4.17. The van der Waals surface area contributed by atoms with E-state index in [-0.39, 0.29) is 24.7 Å². The molecular weight excluding hydrogens is 468 g/mol. The summed E-state index contributed by atoms with van der Waals surface area (Å²) in [6, 6.07) is 7.61. The molecule has 11 heteroatoms. The molecule has 0 spiro atoms. The molecule has 0 saturated carbocycles. The van der Waals surface area contributed by atoms with Gasteiger partial charge in [0, 0.05) is 49.8 Å². The molecule has 1 aromatic carbocycles. The highest BCUT2D eigenvalue weighted by atomic mass is 19.1. The van der Waals surface area contributed by atoms with Gasteiger partial charge in [-0.1, -0.05) is 12.2 Å². The summed E-state index contributed by atoms with van der Waals surface area (Å²) in [6.07, 6.45) is 5.51. The molecule has 1 aliphatic heterocycles. The first-order valence-corrected chi connectivity index (χ1v) is 11.6. The fraction of sp³-hybridized carbons (Fsp3) is 0.320. The molecule has 36 heavy (non-hydrogen) atoms. The predicted molar refractivity (Wildman–Crippen MR) is 129 cm³/mol. The highest BCUT2D eigenvalue weighted by Crippen LogP contribution is 2.25. The van der Waals surface area contributed by atoms with Crippen LogP contribution >= 0.6 is 0 Å². The van der Waals surface area contributed by atoms with Crippen molar-refractivity contribution in [1.29, 1.82) is 0 Å². The predicted octanol–water partition coefficient (Wildman–Crippen LogP) is 2.91. The molecule has 9 nitrogen and oxygen atoms in total. The second kappa shape index (κ2) is 10.2. The van der Waals surface area contributed by atoms with Gasteiger partial charge in [-0.3, -0.25) is 4.79 Å². The van der Waals surface area contributed by atoms with Gasteiger partial charge in [0.05, 0.1) is 7.11 Å². The first-order chi connectivity index (χ1) is 17.5. The van der Waals surface area contributed by atoms with Gasteiger partial charge >= 0.3 is 0 Å². The number of anilines is 1. The summed E-state index contributed by atoms with van der Waals surface area (Å²) in [5, 5.41) is 4.55. The van der Waals surface area contributed by atoms with Crippen LogP contribution in [0.2, 0.25) is 0 Å². The van der Waals surface area contributed by atoms with E-state index in [1.807, 2.05) is 0 Å². The minimum Gasteiger partial charge on any atom is -0.481 e. The topological polar surface area (TPSA) is 89.3 Å². The van der Waals surface area contributed by atoms with Crippen molar-refractivity contribution in [2.75, 3.05) is 38.2 Å². The van der Waals surface area contributed by atoms with Crippen LogP contribution in [0, 0.1) is 5.82 Å². The Morgan fingerprint density at radius 1 is 1.14 bits per heavy atom. The number of hydrogen-bond donors (Lipinski definition) is 0. The molecule has 186 valence electrons. The number of hydrogen-bond acceptors (Lipinski definition) is 7. The van der Waals surface area contributed by atoms with Crippen LogP contribution in [0.15, 0.2) is 54.9 Å². The highest BCUT2D eigenvalue weighted by molar-refractivity contribution is 5.78. The lowest BCUT2D eigenvalue weighted by Crippen LogP contribution is -2.50. The molecule has 5 rings (SSSR count). The number of piperazine rings is 1. The van der Waals surface area contributed by atoms with Crippen LogP contribution in [-0.4, -0.2) is 75.0 Å². The third kappa shape index (κ3) is 5.09. The molecule has 1 fully saturated rings. The van der Waals surface area contributed by atoms with Crippen LogP contribution in [0.4, 0.5) is 14.6 Å². The molecular formula is C25H25F2N7O2. The number of methoxy groups -OCH3 is 1. The summed E-state index contributed by atoms with van der Waals surface area (Å²) < 4.78 is 33.8. The zero-order chi connectivity index (χ0) is 25.1. The van der Waals surface area contributed by atoms with Crippen molar-refractivity contribution in [1.82, 2.24) is 29.6 Å². The van der Waals surface area contributed by atoms with Crippen LogP contribution in [0.1, 0.15) is 12.2 Å². The van der Waals surface area contributed by atoms with Gasteiger partial charge in [0.1, 0.15) is 30.7 Å². The van der Waals surface area contributed by atoms with Gasteiger partial charge in [-0.05, 0) is 30.3 Å². The van der Waals surface area contributed by atoms with Crippen LogP contribution in [0.25, 0.3) is 17.0 Å². The number of carbonyl (C=O) groups is 1. The van der Waals surface area contributed by atoms with E-state index in [9.17, 15) is 13.6 Å². The standard InChI is InChI=1S/C25H25F2N7O2/c1-36-22-14-21(28-16-29-22)32-10-12-33(13-11-32)23(35)15-34-25(18-4-8-20(27)9-5-18)30-24(31-34)17-2-6-19(26)7-3-17/h2-8,14,16,20H,9-13,15H2,1H3. The van der Waals surface area contributed by atoms with Crippen molar-refractivity contribution in [2.45, 2.75) is 19.1 Å². The van der Waals surface area contributed by atoms with Gasteiger partial charge in [-0.25, -0.2) is 28.4 Å². The lowest BCUT2D eigenvalue weighted by Gasteiger charge is -2.35. The van der Waals surface area contributed by atoms with E-state index in [2.05, 4.69) is 25.0 Å². The van der Waals surface area contributed by atoms with Crippen molar-refractivity contribution in [3.05, 3.63) is 66.5 Å². The number of aromatic nitrogens is 5. The molecule has 3 heterocycles. The summed E-state index contributed by atoms with van der Waals surface area (Å²) in [5.74, 6) is 1.61. The van der Waals surface area contributed by atoms with Crippen LogP contribution < -0.4 is 9.64 Å². The first-order valence-electron chi connectivity index (χ1n) is 11.6. The highest BCUT2D eigenvalue weighted by Gasteiger charge is 2.25. The number of amides is 1. The van der Waals surface area contributed by atoms with Crippen molar-refractivity contribution in [2.24, 2.45) is 0 Å². The van der Waals surface area contributed by atoms with Gasteiger partial charge < -0.3 is 14.5 Å². The maximum absolute atomic E-state index is 13.6. The lowest BCUT2D eigenvalue weighted by molar-refractivity contribution is -0.132. The molecule has 0 bridgehead atoms. The molecule has 2 aromatic heterocycles. The minimum absolute atomic E-state index is 0.0188. The minimum atomic E-state index is -1.05. The Balaban J connectivity index is 1.32. The number of alkyl halides is 1. The van der Waals surface area contributed by atoms with Crippen LogP contribution in [0.3, 0.4) is 0 Å². The smallest absolute Gasteiger partial charge is 0.244 e. The average Bonchev–Trinajstić information content (AvgIpc) is 3.33. The number of carbonyl (C=O) groups excluding carboxylic acids is 1. The molecule has 0 radical (unpaired) electrons. The van der Waals surface area contributed by atoms with E-state index >= 15 is 0 Å². The summed E-state index contributed by atoms with van der Waals surface area (Å²) in [5.41, 5.74) is 1.32. The Morgan fingerprint density at radius 3 is 2.61 bits per heavy atom. The average molecular weight is 494 g/mol. The fourth-order valence-corrected chi connectivity index (χ4v) is 4.17. The third-order valence-electron chi connectivity index (χ3n) is 6.16. The lowest BCUT2D eigenvalue weighted by atomic mass is 10.1. The third-order valence-corrected chi connectivity index (χ3v) is 6.16. The first kappa shape index (κ1) is 23.6. The molecule has 1 amide bonds. The Hall–Kier alpha value is -4.15. The summed E-state index contributed by atoms with van der Waals surface area (Å²) in [6.45, 7) is 2.25. The summed E-state index contributed by atoms with van der Waals surface area (Å²) in [4.78, 5) is 30.0. The Labute approximate surface area is 206 Å². The number of ether oxygens (including phenoxy) is 1. The van der Waals surface area contributed by atoms with Gasteiger partial charge in [0.25, 0.3) is 0 Å². The maximum atomic E-state index is 13.6. The second-order valence-corrected chi connectivity index (χ2v) is 8.48. The van der Waals surface area contributed by atoms with E-state index in [1.165, 1.54) is 29.2 Å². The van der Waals surface area contributed by atoms with Gasteiger partial charge in [0.15, 0.2) is 11.6 Å². The van der Waals surface area contributed by atoms with E-state index in [4.69, 9.17) is 4.74 Å². The Bertz CT molecular complexity index is 1300. The summed E-state index contributed by atoms with van der Waals surface area (Å²) in [7, 11) is 1.55. The number of allylic oxidation sites excluding steroid dienone is 4. The molecule has 1 aliphatic carbocycles. The van der Waals surface area contributed by atoms with Crippen molar-refractivity contribution >= 4 is 17.3 Å². The largest absolute Gasteiger partial charge is 0.481 e. The van der Waals surface area contributed by atoms with Crippen LogP contribution in [-0.2, 0) is 11.3 Å². The quantitative estimate of drug-likeness (QED) is 0.522. The van der Waals surface area contributed by atoms with Crippen molar-refractivity contribution < 1.29 is 18.3 Å². The number of halogens is 2. The second-order valence-electron chi connectivity index (χ2n) is 8.48. The van der Waals surface area contributed by atoms with Gasteiger partial charge in [-0.15, -0.1) is 5.10 Å². The SMILES string of the molecule is COc1cc(N2CCN(C(=O)Cn3nc(-c4ccc(F)cc4)nc3C3=CCC(F)C=C3)CC2)ncn1. The van der Waals surface area contributed by atoms with E-state index in [1.54, 1.807) is 42.4 Å². The van der Waals surface area contributed by atoms with Gasteiger partial charge in [0.2, 0.25) is 11.8 Å². The molecule has 3 aromatic rings. The summed E-state index contributed by atoms with van der Waals surface area (Å²) >= 11 is 0. The molecule has 1 unspecified atom stereocenters. The van der Waals surface area contributed by atoms with Crippen molar-refractivity contribution in [3.8, 4) is 17.3 Å². The zero-order valence-corrected chi connectivity index (χ0v) is 19.7. The zero-order valence-electron chi connectivity index (χ0n) is 19.7. The monoisotopic (exact) mass is 493 g/mol. The van der Waals surface area contributed by atoms with Crippen molar-refractivity contribution in [3.63, 3.8) is 0 Å². The number of nitrogens with zero attached hydrogens (tertiary/aromatic N) is 7. The molecule has 1 saturated heterocycles. The van der Waals surface area contributed by atoms with E-state index in [0.29, 0.717) is 54.8 Å². The number of benzene rings is 1. The molecule has 0 N–H and O–H groups in total. The van der Waals surface area contributed by atoms with E-state index in [0.717, 1.165) is 5.82 Å². The Kier molecular flexibility index (Phi) is 6.70. The Morgan fingerprint density at radius 2 is 1.92 bits per heavy atom. The normalized spacial score (nSPS) is 17.8. The number of rotatable bonds is 6. The molecule has 2 aliphatic rings. The molecule has 1 atom stereocenters.